The summed E-state index contributed by atoms with van der Waals surface area (Å²) in [7, 11) is 0. The van der Waals surface area contributed by atoms with Gasteiger partial charge in [0.05, 0.1) is 0 Å². The highest BCUT2D eigenvalue weighted by Crippen LogP contribution is 2.51. The molecule has 9 heavy (non-hydrogen) atoms. The quantitative estimate of drug-likeness (QED) is 0.475. The van der Waals surface area contributed by atoms with Gasteiger partial charge in [0, 0.05) is 11.9 Å². The molecule has 0 radical (unpaired) electrons. The summed E-state index contributed by atoms with van der Waals surface area (Å²) in [5, 5.41) is 3.33. The van der Waals surface area contributed by atoms with Gasteiger partial charge in [-0.3, -0.25) is 4.57 Å². The zero-order valence-electron chi connectivity index (χ0n) is 4.61. The maximum absolute atomic E-state index is 10.5. The molecule has 0 rings (SSSR count). The Labute approximate surface area is 72.4 Å². The van der Waals surface area contributed by atoms with E-state index in [1.165, 1.54) is 0 Å². The lowest BCUT2D eigenvalue weighted by Crippen LogP contribution is -2.06. The summed E-state index contributed by atoms with van der Waals surface area (Å²) in [5.74, 6) is -3.02. The van der Waals surface area contributed by atoms with E-state index in [0.29, 0.717) is 6.54 Å². The lowest BCUT2D eigenvalue weighted by atomic mass is 10.5. The van der Waals surface area contributed by atoms with Crippen LogP contribution in [0.25, 0.3) is 0 Å². The van der Waals surface area contributed by atoms with E-state index in [1.54, 1.807) is 0 Å². The summed E-state index contributed by atoms with van der Waals surface area (Å²) in [6.07, 6.45) is 0.865. The SMILES string of the molecule is O=P(Cl)(Cl)NCCCBr. The third-order valence-electron chi connectivity index (χ3n) is 0.606. The van der Waals surface area contributed by atoms with Gasteiger partial charge < -0.3 is 0 Å². The van der Waals surface area contributed by atoms with Crippen LogP contribution in [-0.4, -0.2) is 11.9 Å². The van der Waals surface area contributed by atoms with Gasteiger partial charge in [0.2, 0.25) is 0 Å². The molecule has 0 saturated heterocycles. The first-order chi connectivity index (χ1) is 4.06. The zero-order valence-corrected chi connectivity index (χ0v) is 8.60. The third-order valence-corrected chi connectivity index (χ3v) is 2.48. The Morgan fingerprint density at radius 2 is 2.11 bits per heavy atom. The maximum Gasteiger partial charge on any atom is 0.319 e. The van der Waals surface area contributed by atoms with Gasteiger partial charge in [-0.05, 0) is 28.9 Å². The molecule has 56 valence electrons. The zero-order chi connectivity index (χ0) is 7.33. The Bertz CT molecular complexity index is 116. The molecular weight excluding hydrogens is 248 g/mol. The van der Waals surface area contributed by atoms with E-state index >= 15 is 0 Å². The van der Waals surface area contributed by atoms with E-state index in [2.05, 4.69) is 21.0 Å². The van der Waals surface area contributed by atoms with Crippen LogP contribution in [0.3, 0.4) is 0 Å². The molecule has 0 saturated carbocycles. The highest BCUT2D eigenvalue weighted by molar-refractivity contribution is 9.09. The van der Waals surface area contributed by atoms with Crippen molar-refractivity contribution < 1.29 is 4.57 Å². The first-order valence-corrected chi connectivity index (χ1v) is 7.00. The fourth-order valence-corrected chi connectivity index (χ4v) is 1.48. The molecule has 0 amide bonds. The second kappa shape index (κ2) is 4.97. The van der Waals surface area contributed by atoms with Crippen molar-refractivity contribution in [2.24, 2.45) is 0 Å². The van der Waals surface area contributed by atoms with Crippen molar-refractivity contribution >= 4 is 44.4 Å². The van der Waals surface area contributed by atoms with E-state index < -0.39 is 6.00 Å². The van der Waals surface area contributed by atoms with Crippen LogP contribution in [0.4, 0.5) is 0 Å². The van der Waals surface area contributed by atoms with Crippen LogP contribution in [0.2, 0.25) is 0 Å². The van der Waals surface area contributed by atoms with Crippen LogP contribution in [0.5, 0.6) is 0 Å². The van der Waals surface area contributed by atoms with E-state index in [4.69, 9.17) is 22.5 Å². The normalized spacial score (nSPS) is 11.9. The minimum Gasteiger partial charge on any atom is -0.271 e. The monoisotopic (exact) mass is 253 g/mol. The number of rotatable bonds is 4. The Kier molecular flexibility index (Phi) is 5.67. The van der Waals surface area contributed by atoms with Gasteiger partial charge in [0.1, 0.15) is 0 Å². The van der Waals surface area contributed by atoms with E-state index in [-0.39, 0.29) is 0 Å². The van der Waals surface area contributed by atoms with Crippen LogP contribution < -0.4 is 5.09 Å². The standard InChI is InChI=1S/C3H7BrCl2NOP/c4-2-1-3-7-9(5,6)8/h1-3H2,(H,7,8). The highest BCUT2D eigenvalue weighted by atomic mass is 79.9. The summed E-state index contributed by atoms with van der Waals surface area (Å²) in [6.45, 7) is 0.579. The summed E-state index contributed by atoms with van der Waals surface area (Å²) >= 11 is 13.5. The molecule has 0 bridgehead atoms. The maximum atomic E-state index is 10.5. The lowest BCUT2D eigenvalue weighted by molar-refractivity contribution is 0.584. The third kappa shape index (κ3) is 9.25. The van der Waals surface area contributed by atoms with E-state index in [9.17, 15) is 4.57 Å². The fraction of sp³-hybridized carbons (Fsp3) is 1.00. The minimum atomic E-state index is -3.02. The van der Waals surface area contributed by atoms with Crippen LogP contribution in [0.15, 0.2) is 0 Å². The average Bonchev–Trinajstić information content (AvgIpc) is 1.63. The summed E-state index contributed by atoms with van der Waals surface area (Å²) < 4.78 is 10.5. The van der Waals surface area contributed by atoms with Crippen molar-refractivity contribution in [3.05, 3.63) is 0 Å². The fourth-order valence-electron chi connectivity index (χ4n) is 0.276. The molecule has 0 aliphatic carbocycles. The van der Waals surface area contributed by atoms with Crippen LogP contribution in [0.1, 0.15) is 6.42 Å². The van der Waals surface area contributed by atoms with Crippen molar-refractivity contribution in [1.82, 2.24) is 5.09 Å². The van der Waals surface area contributed by atoms with Gasteiger partial charge in [-0.2, -0.15) is 0 Å². The Balaban J connectivity index is 3.18. The van der Waals surface area contributed by atoms with Gasteiger partial charge in [0.25, 0.3) is 0 Å². The van der Waals surface area contributed by atoms with Crippen LogP contribution >= 0.6 is 44.4 Å². The van der Waals surface area contributed by atoms with Gasteiger partial charge in [-0.25, -0.2) is 5.09 Å². The second-order valence-corrected chi connectivity index (χ2v) is 6.82. The predicted octanol–water partition coefficient (Wildman–Crippen LogP) is 2.95. The lowest BCUT2D eigenvalue weighted by Gasteiger charge is -2.01. The summed E-state index contributed by atoms with van der Waals surface area (Å²) in [6, 6.07) is 0. The van der Waals surface area contributed by atoms with E-state index in [0.717, 1.165) is 11.8 Å². The molecule has 0 aliphatic rings. The minimum absolute atomic E-state index is 0.579. The Morgan fingerprint density at radius 1 is 1.56 bits per heavy atom. The number of alkyl halides is 1. The average molecular weight is 255 g/mol. The Morgan fingerprint density at radius 3 is 2.44 bits per heavy atom. The topological polar surface area (TPSA) is 29.1 Å². The van der Waals surface area contributed by atoms with Gasteiger partial charge in [0.15, 0.2) is 0 Å². The molecule has 0 aliphatic heterocycles. The molecular formula is C3H7BrCl2NOP. The second-order valence-electron chi connectivity index (χ2n) is 1.41. The number of nitrogens with one attached hydrogen (secondary N) is 1. The molecule has 1 N–H and O–H groups in total. The molecule has 0 atom stereocenters. The molecule has 6 heteroatoms. The van der Waals surface area contributed by atoms with Crippen LogP contribution in [-0.2, 0) is 4.57 Å². The van der Waals surface area contributed by atoms with Crippen molar-refractivity contribution in [2.45, 2.75) is 6.42 Å². The molecule has 0 heterocycles. The summed E-state index contributed by atoms with van der Waals surface area (Å²) in [4.78, 5) is 0. The van der Waals surface area contributed by atoms with Crippen LogP contribution in [0, 0.1) is 0 Å². The smallest absolute Gasteiger partial charge is 0.271 e. The molecule has 0 fully saturated rings. The van der Waals surface area contributed by atoms with Crippen molar-refractivity contribution in [3.63, 3.8) is 0 Å². The number of hydrogen-bond acceptors (Lipinski definition) is 1. The highest BCUT2D eigenvalue weighted by Gasteiger charge is 2.09. The molecule has 0 aromatic carbocycles. The molecule has 0 aromatic heterocycles. The molecule has 0 unspecified atom stereocenters. The van der Waals surface area contributed by atoms with Gasteiger partial charge in [-0.1, -0.05) is 15.9 Å². The predicted molar refractivity (Wildman–Crippen MR) is 45.7 cm³/mol. The summed E-state index contributed by atoms with van der Waals surface area (Å²) in [5.41, 5.74) is 0. The van der Waals surface area contributed by atoms with Gasteiger partial charge in [-0.15, -0.1) is 0 Å². The number of halogens is 3. The largest absolute Gasteiger partial charge is 0.319 e. The molecule has 0 spiro atoms. The van der Waals surface area contributed by atoms with Crippen molar-refractivity contribution in [1.29, 1.82) is 0 Å². The number of hydrogen-bond donors (Lipinski definition) is 1. The van der Waals surface area contributed by atoms with Crippen molar-refractivity contribution in [2.75, 3.05) is 11.9 Å². The Hall–Kier alpha value is 1.25. The van der Waals surface area contributed by atoms with E-state index in [1.807, 2.05) is 0 Å². The molecule has 2 nitrogen and oxygen atoms in total. The first-order valence-electron chi connectivity index (χ1n) is 2.37. The molecule has 0 aromatic rings. The van der Waals surface area contributed by atoms with Gasteiger partial charge >= 0.3 is 6.00 Å². The van der Waals surface area contributed by atoms with Crippen molar-refractivity contribution in [3.8, 4) is 0 Å². The first kappa shape index (κ1) is 10.2.